The first-order chi connectivity index (χ1) is 12.4. The maximum Gasteiger partial charge on any atom is 0.480 e. The van der Waals surface area contributed by atoms with Gasteiger partial charge in [-0.3, -0.25) is 4.79 Å². The number of hydrogen-bond acceptors (Lipinski definition) is 4. The molecular formula is C17H15F3N3O2S+. The van der Waals surface area contributed by atoms with Crippen molar-refractivity contribution < 1.29 is 22.7 Å². The summed E-state index contributed by atoms with van der Waals surface area (Å²) in [4.78, 5) is 13.2. The number of ether oxygens (including phenoxy) is 1. The molecule has 2 aliphatic rings. The number of nitrogens with zero attached hydrogens (tertiary/aromatic N) is 2. The summed E-state index contributed by atoms with van der Waals surface area (Å²) in [5.41, 5.74) is -0.632. The summed E-state index contributed by atoms with van der Waals surface area (Å²) in [5.74, 6) is -0.259. The largest absolute Gasteiger partial charge is 0.480 e. The van der Waals surface area contributed by atoms with Crippen molar-refractivity contribution in [2.45, 2.75) is 25.1 Å². The lowest BCUT2D eigenvalue weighted by Crippen LogP contribution is -2.31. The molecule has 26 heavy (non-hydrogen) atoms. The van der Waals surface area contributed by atoms with Gasteiger partial charge >= 0.3 is 11.9 Å². The number of carbonyl (C=O) groups is 1. The topological polar surface area (TPSA) is 53.7 Å². The van der Waals surface area contributed by atoms with Gasteiger partial charge in [-0.1, -0.05) is 0 Å². The zero-order valence-electron chi connectivity index (χ0n) is 13.5. The van der Waals surface area contributed by atoms with Crippen LogP contribution in [0.5, 0.6) is 0 Å². The van der Waals surface area contributed by atoms with Crippen LogP contribution in [-0.2, 0) is 4.74 Å². The zero-order valence-corrected chi connectivity index (χ0v) is 14.4. The van der Waals surface area contributed by atoms with Crippen LogP contribution in [0.1, 0.15) is 27.4 Å². The van der Waals surface area contributed by atoms with Crippen LogP contribution in [0.15, 0.2) is 41.1 Å². The average molecular weight is 382 g/mol. The first kappa shape index (κ1) is 17.2. The fourth-order valence-electron chi connectivity index (χ4n) is 2.78. The normalized spacial score (nSPS) is 20.6. The molecular weight excluding hydrogens is 367 g/mol. The number of carbonyl (C=O) groups excluding carboxylic acids is 1. The summed E-state index contributed by atoms with van der Waals surface area (Å²) in [6.07, 6.45) is -1.55. The summed E-state index contributed by atoms with van der Waals surface area (Å²) in [6, 6.07) is 6.33. The molecule has 0 saturated carbocycles. The minimum absolute atomic E-state index is 0.0338. The Hall–Kier alpha value is -2.26. The molecule has 3 heterocycles. The Bertz CT molecular complexity index is 914. The standard InChI is InChI=1S/C17H14F3N3O2S/c18-17(19,20)15-8-12(22-23(15)10-3-4-10)13-5-6-14(26-13)16(24)21-9-11-2-1-7-25-11/h3-6,8,11H,1-2,7,9H2/p+1/t11-/m0/s1. The number of amides is 1. The van der Waals surface area contributed by atoms with Crippen LogP contribution < -0.4 is 15.4 Å². The Morgan fingerprint density at radius 2 is 2.15 bits per heavy atom. The van der Waals surface area contributed by atoms with Gasteiger partial charge in [0.05, 0.1) is 21.9 Å². The SMILES string of the molecule is O=C(NC[C@@H]1CCCO1)c1ccc(C2=N[N+](=c3cc3)C(C(F)(F)F)=C2)s1. The van der Waals surface area contributed by atoms with Crippen LogP contribution in [-0.4, -0.2) is 37.1 Å². The van der Waals surface area contributed by atoms with E-state index in [1.807, 2.05) is 0 Å². The highest BCUT2D eigenvalue weighted by Crippen LogP contribution is 2.30. The van der Waals surface area contributed by atoms with Gasteiger partial charge in [0.1, 0.15) is 0 Å². The van der Waals surface area contributed by atoms with E-state index in [1.165, 1.54) is 0 Å². The van der Waals surface area contributed by atoms with E-state index in [0.717, 1.165) is 34.9 Å². The Balaban J connectivity index is 1.50. The van der Waals surface area contributed by atoms with Gasteiger partial charge in [0, 0.05) is 30.4 Å². The second-order valence-corrected chi connectivity index (χ2v) is 7.18. The molecule has 1 saturated heterocycles. The van der Waals surface area contributed by atoms with E-state index in [0.29, 0.717) is 28.3 Å². The second-order valence-electron chi connectivity index (χ2n) is 6.09. The highest BCUT2D eigenvalue weighted by molar-refractivity contribution is 7.16. The highest BCUT2D eigenvalue weighted by atomic mass is 32.1. The van der Waals surface area contributed by atoms with Crippen molar-refractivity contribution >= 4 is 23.0 Å². The van der Waals surface area contributed by atoms with Crippen LogP contribution in [0.2, 0.25) is 0 Å². The van der Waals surface area contributed by atoms with Crippen LogP contribution >= 0.6 is 11.3 Å². The third-order valence-corrected chi connectivity index (χ3v) is 5.26. The summed E-state index contributed by atoms with van der Waals surface area (Å²) in [5, 5.41) is 7.26. The van der Waals surface area contributed by atoms with E-state index in [-0.39, 0.29) is 17.7 Å². The molecule has 0 radical (unpaired) electrons. The van der Waals surface area contributed by atoms with Gasteiger partial charge in [-0.25, -0.2) is 0 Å². The Morgan fingerprint density at radius 3 is 2.81 bits per heavy atom. The number of hydrogen-bond donors (Lipinski definition) is 1. The van der Waals surface area contributed by atoms with E-state index in [1.54, 1.807) is 24.3 Å². The third-order valence-electron chi connectivity index (χ3n) is 4.16. The number of allylic oxidation sites excluding steroid dienone is 2. The van der Waals surface area contributed by atoms with E-state index >= 15 is 0 Å². The van der Waals surface area contributed by atoms with Crippen LogP contribution in [0.3, 0.4) is 0 Å². The Morgan fingerprint density at radius 1 is 1.35 bits per heavy atom. The van der Waals surface area contributed by atoms with Gasteiger partial charge in [0.25, 0.3) is 5.91 Å². The van der Waals surface area contributed by atoms with Gasteiger partial charge in [-0.05, 0) is 29.7 Å². The van der Waals surface area contributed by atoms with Crippen LogP contribution in [0.25, 0.3) is 0 Å². The van der Waals surface area contributed by atoms with E-state index in [9.17, 15) is 18.0 Å². The van der Waals surface area contributed by atoms with Crippen molar-refractivity contribution in [3.8, 4) is 0 Å². The van der Waals surface area contributed by atoms with E-state index < -0.39 is 11.9 Å². The lowest BCUT2D eigenvalue weighted by atomic mass is 10.2. The molecule has 1 fully saturated rings. The molecule has 0 aliphatic carbocycles. The molecule has 0 spiro atoms. The molecule has 2 aliphatic heterocycles. The molecule has 9 heteroatoms. The molecule has 136 valence electrons. The Labute approximate surface area is 150 Å². The zero-order chi connectivity index (χ0) is 18.3. The lowest BCUT2D eigenvalue weighted by Gasteiger charge is -2.09. The number of nitrogens with one attached hydrogen (secondary N) is 1. The summed E-state index contributed by atoms with van der Waals surface area (Å²) >= 11 is 1.12. The van der Waals surface area contributed by atoms with Crippen molar-refractivity contribution in [1.82, 2.24) is 10.0 Å². The van der Waals surface area contributed by atoms with Gasteiger partial charge in [0.15, 0.2) is 5.71 Å². The predicted octanol–water partition coefficient (Wildman–Crippen LogP) is 2.17. The average Bonchev–Trinajstić information content (AvgIpc) is 3.05. The maximum atomic E-state index is 13.2. The first-order valence-electron chi connectivity index (χ1n) is 8.14. The van der Waals surface area contributed by atoms with Crippen molar-refractivity contribution in [2.75, 3.05) is 13.2 Å². The van der Waals surface area contributed by atoms with E-state index in [4.69, 9.17) is 4.74 Å². The number of halogens is 3. The summed E-state index contributed by atoms with van der Waals surface area (Å²) in [7, 11) is 0. The van der Waals surface area contributed by atoms with Gasteiger partial charge in [-0.2, -0.15) is 13.2 Å². The summed E-state index contributed by atoms with van der Waals surface area (Å²) < 4.78 is 45.9. The summed E-state index contributed by atoms with van der Waals surface area (Å²) in [6.45, 7) is 1.14. The van der Waals surface area contributed by atoms with Crippen molar-refractivity contribution in [2.24, 2.45) is 5.10 Å². The molecule has 0 bridgehead atoms. The maximum absolute atomic E-state index is 13.2. The molecule has 5 nitrogen and oxygen atoms in total. The molecule has 1 aromatic heterocycles. The molecule has 1 N–H and O–H groups in total. The molecule has 4 rings (SSSR count). The van der Waals surface area contributed by atoms with Gasteiger partial charge in [0.2, 0.25) is 5.36 Å². The number of hydrazone groups is 1. The smallest absolute Gasteiger partial charge is 0.376 e. The van der Waals surface area contributed by atoms with Gasteiger partial charge in [-0.15, -0.1) is 11.3 Å². The first-order valence-corrected chi connectivity index (χ1v) is 8.96. The second kappa shape index (κ2) is 6.48. The highest BCUT2D eigenvalue weighted by Gasteiger charge is 2.48. The third kappa shape index (κ3) is 3.49. The monoisotopic (exact) mass is 382 g/mol. The fourth-order valence-corrected chi connectivity index (χ4v) is 3.65. The molecule has 1 atom stereocenters. The molecule has 0 unspecified atom stereocenters. The molecule has 1 amide bonds. The van der Waals surface area contributed by atoms with Crippen molar-refractivity contribution in [3.05, 3.63) is 51.2 Å². The fraction of sp³-hybridized carbons (Fsp3) is 0.353. The number of thiophene rings is 1. The van der Waals surface area contributed by atoms with Crippen LogP contribution in [0.4, 0.5) is 13.2 Å². The quantitative estimate of drug-likeness (QED) is 0.824. The minimum Gasteiger partial charge on any atom is -0.376 e. The minimum atomic E-state index is -4.50. The number of rotatable bonds is 4. The molecule has 1 aromatic carbocycles. The Kier molecular flexibility index (Phi) is 4.28. The van der Waals surface area contributed by atoms with E-state index in [2.05, 4.69) is 10.4 Å². The van der Waals surface area contributed by atoms with Crippen molar-refractivity contribution in [3.63, 3.8) is 0 Å². The van der Waals surface area contributed by atoms with Crippen molar-refractivity contribution in [1.29, 1.82) is 0 Å². The molecule has 2 aromatic rings. The predicted molar refractivity (Wildman–Crippen MR) is 90.4 cm³/mol. The van der Waals surface area contributed by atoms with Crippen LogP contribution in [0, 0.1) is 0 Å². The van der Waals surface area contributed by atoms with Gasteiger partial charge < -0.3 is 10.1 Å². The number of alkyl halides is 3. The lowest BCUT2D eigenvalue weighted by molar-refractivity contribution is -0.0984.